The molecule has 0 radical (unpaired) electrons. The number of aryl methyl sites for hydroxylation is 1. The van der Waals surface area contributed by atoms with E-state index in [1.807, 2.05) is 13.0 Å². The van der Waals surface area contributed by atoms with E-state index in [0.717, 1.165) is 11.1 Å². The van der Waals surface area contributed by atoms with Crippen LogP contribution >= 0.6 is 0 Å². The second-order valence-corrected chi connectivity index (χ2v) is 9.69. The second-order valence-electron chi connectivity index (χ2n) is 7.22. The number of nitrogens with zero attached hydrogens (tertiary/aromatic N) is 1. The van der Waals surface area contributed by atoms with Crippen LogP contribution in [0, 0.1) is 6.92 Å². The first kappa shape index (κ1) is 19.8. The summed E-state index contributed by atoms with van der Waals surface area (Å²) in [6.45, 7) is 6.36. The van der Waals surface area contributed by atoms with E-state index in [1.54, 1.807) is 38.1 Å². The normalized spacial score (nSPS) is 25.7. The van der Waals surface area contributed by atoms with Gasteiger partial charge in [-0.25, -0.2) is 13.2 Å². The van der Waals surface area contributed by atoms with E-state index in [1.165, 1.54) is 0 Å². The molecule has 3 rings (SSSR count). The summed E-state index contributed by atoms with van der Waals surface area (Å²) in [7, 11) is -3.52. The van der Waals surface area contributed by atoms with Crippen molar-refractivity contribution in [1.29, 1.82) is 0 Å². The van der Waals surface area contributed by atoms with Gasteiger partial charge in [-0.2, -0.15) is 0 Å². The molecule has 1 saturated heterocycles. The van der Waals surface area contributed by atoms with Crippen molar-refractivity contribution in [3.05, 3.63) is 41.5 Å². The smallest absolute Gasteiger partial charge is 0.356 e. The van der Waals surface area contributed by atoms with Gasteiger partial charge in [-0.15, -0.1) is 0 Å². The monoisotopic (exact) mass is 391 g/mol. The minimum atomic E-state index is -3.52. The van der Waals surface area contributed by atoms with E-state index in [2.05, 4.69) is 4.99 Å². The first-order chi connectivity index (χ1) is 12.8. The third-order valence-corrected chi connectivity index (χ3v) is 7.71. The molecule has 1 aromatic carbocycles. The number of carbonyl (C=O) groups is 1. The predicted octanol–water partition coefficient (Wildman–Crippen LogP) is 2.65. The molecule has 2 unspecified atom stereocenters. The van der Waals surface area contributed by atoms with E-state index in [-0.39, 0.29) is 18.4 Å². The highest BCUT2D eigenvalue weighted by Crippen LogP contribution is 2.39. The molecule has 146 valence electrons. The summed E-state index contributed by atoms with van der Waals surface area (Å²) < 4.78 is 36.5. The van der Waals surface area contributed by atoms with E-state index in [0.29, 0.717) is 30.9 Å². The van der Waals surface area contributed by atoms with Gasteiger partial charge in [-0.3, -0.25) is 4.99 Å². The Morgan fingerprint density at radius 1 is 1.41 bits per heavy atom. The van der Waals surface area contributed by atoms with Crippen molar-refractivity contribution in [3.8, 4) is 0 Å². The Balaban J connectivity index is 1.82. The molecular weight excluding hydrogens is 366 g/mol. The fourth-order valence-corrected chi connectivity index (χ4v) is 5.38. The molecule has 2 aliphatic heterocycles. The number of rotatable bonds is 5. The Morgan fingerprint density at radius 3 is 2.89 bits per heavy atom. The predicted molar refractivity (Wildman–Crippen MR) is 103 cm³/mol. The van der Waals surface area contributed by atoms with Crippen LogP contribution in [0.3, 0.4) is 0 Å². The molecule has 0 aliphatic carbocycles. The number of ether oxygens (including phenoxy) is 2. The van der Waals surface area contributed by atoms with Crippen molar-refractivity contribution < 1.29 is 22.7 Å². The summed E-state index contributed by atoms with van der Waals surface area (Å²) in [5.41, 5.74) is 2.00. The molecule has 1 fully saturated rings. The van der Waals surface area contributed by atoms with Crippen LogP contribution in [0.5, 0.6) is 0 Å². The first-order valence-corrected chi connectivity index (χ1v) is 10.6. The third-order valence-electron chi connectivity index (χ3n) is 5.17. The lowest BCUT2D eigenvalue weighted by Crippen LogP contribution is -2.45. The summed E-state index contributed by atoms with van der Waals surface area (Å²) in [5, 5.41) is 0. The van der Waals surface area contributed by atoms with E-state index in [4.69, 9.17) is 9.47 Å². The Kier molecular flexibility index (Phi) is 5.53. The molecule has 0 N–H and O–H groups in total. The molecule has 0 bridgehead atoms. The van der Waals surface area contributed by atoms with Crippen LogP contribution < -0.4 is 0 Å². The zero-order valence-electron chi connectivity index (χ0n) is 15.9. The minimum Gasteiger partial charge on any atom is -0.461 e. The number of aliphatic imine (C=N–C) groups is 1. The van der Waals surface area contributed by atoms with Crippen LogP contribution in [-0.2, 0) is 24.1 Å². The third kappa shape index (κ3) is 3.84. The van der Waals surface area contributed by atoms with E-state index >= 15 is 0 Å². The van der Waals surface area contributed by atoms with Gasteiger partial charge in [0.05, 0.1) is 28.9 Å². The number of carbonyl (C=O) groups excluding carboxylic acids is 1. The number of hydrogen-bond acceptors (Lipinski definition) is 6. The Bertz CT molecular complexity index is 903. The molecule has 1 aromatic rings. The molecule has 0 amide bonds. The van der Waals surface area contributed by atoms with Gasteiger partial charge in [0.2, 0.25) is 0 Å². The van der Waals surface area contributed by atoms with Crippen LogP contribution in [0.25, 0.3) is 0 Å². The Labute approximate surface area is 160 Å². The quantitative estimate of drug-likeness (QED) is 0.721. The van der Waals surface area contributed by atoms with Crippen molar-refractivity contribution in [2.24, 2.45) is 4.99 Å². The largest absolute Gasteiger partial charge is 0.461 e. The molecule has 27 heavy (non-hydrogen) atoms. The standard InChI is InChI=1S/C20H25NO5S/c1-4-25-19(22)17-11-15(13-21-17)18-12-20(3,8-9-26-18)27(23,24)16-7-5-6-14(2)10-16/h5-7,10-11,18H,4,8-9,12-13H2,1-3H3. The Hall–Kier alpha value is -1.99. The highest BCUT2D eigenvalue weighted by Gasteiger charge is 2.45. The maximum absolute atomic E-state index is 13.3. The van der Waals surface area contributed by atoms with Gasteiger partial charge >= 0.3 is 5.97 Å². The molecule has 7 heteroatoms. The Morgan fingerprint density at radius 2 is 2.19 bits per heavy atom. The lowest BCUT2D eigenvalue weighted by Gasteiger charge is -2.38. The number of hydrogen-bond donors (Lipinski definition) is 0. The van der Waals surface area contributed by atoms with Crippen LogP contribution in [0.4, 0.5) is 0 Å². The summed E-state index contributed by atoms with van der Waals surface area (Å²) in [4.78, 5) is 16.4. The molecule has 2 aliphatic rings. The van der Waals surface area contributed by atoms with Crippen molar-refractivity contribution in [2.75, 3.05) is 19.8 Å². The maximum atomic E-state index is 13.3. The zero-order chi connectivity index (χ0) is 19.7. The number of esters is 1. The summed E-state index contributed by atoms with van der Waals surface area (Å²) in [6, 6.07) is 7.00. The maximum Gasteiger partial charge on any atom is 0.356 e. The number of benzene rings is 1. The van der Waals surface area contributed by atoms with Crippen LogP contribution in [-0.4, -0.2) is 50.7 Å². The van der Waals surface area contributed by atoms with Gasteiger partial charge in [0.1, 0.15) is 5.71 Å². The van der Waals surface area contributed by atoms with Gasteiger partial charge in [-0.05, 0) is 63.0 Å². The average molecular weight is 391 g/mol. The fraction of sp³-hybridized carbons (Fsp3) is 0.500. The lowest BCUT2D eigenvalue weighted by atomic mass is 9.92. The SMILES string of the molecule is CCOC(=O)C1=NCC(C2CC(C)(S(=O)(=O)c3cccc(C)c3)CCO2)=C1. The van der Waals surface area contributed by atoms with Crippen molar-refractivity contribution in [1.82, 2.24) is 0 Å². The molecule has 0 spiro atoms. The first-order valence-electron chi connectivity index (χ1n) is 9.12. The molecule has 6 nitrogen and oxygen atoms in total. The van der Waals surface area contributed by atoms with Gasteiger partial charge in [-0.1, -0.05) is 12.1 Å². The number of sulfone groups is 1. The summed E-state index contributed by atoms with van der Waals surface area (Å²) >= 11 is 0. The molecule has 0 saturated carbocycles. The molecule has 2 heterocycles. The van der Waals surface area contributed by atoms with Crippen LogP contribution in [0.2, 0.25) is 0 Å². The van der Waals surface area contributed by atoms with Gasteiger partial charge < -0.3 is 9.47 Å². The van der Waals surface area contributed by atoms with Crippen molar-refractivity contribution in [2.45, 2.75) is 49.4 Å². The summed E-state index contributed by atoms with van der Waals surface area (Å²) in [6.07, 6.45) is 2.06. The highest BCUT2D eigenvalue weighted by atomic mass is 32.2. The topological polar surface area (TPSA) is 82.0 Å². The van der Waals surface area contributed by atoms with Crippen molar-refractivity contribution >= 4 is 21.5 Å². The van der Waals surface area contributed by atoms with E-state index in [9.17, 15) is 13.2 Å². The second kappa shape index (κ2) is 7.56. The van der Waals surface area contributed by atoms with E-state index < -0.39 is 20.6 Å². The minimum absolute atomic E-state index is 0.268. The van der Waals surface area contributed by atoms with Crippen LogP contribution in [0.15, 0.2) is 45.8 Å². The zero-order valence-corrected chi connectivity index (χ0v) is 16.7. The molecule has 0 aromatic heterocycles. The van der Waals surface area contributed by atoms with Crippen LogP contribution in [0.1, 0.15) is 32.3 Å². The van der Waals surface area contributed by atoms with Gasteiger partial charge in [0, 0.05) is 6.61 Å². The van der Waals surface area contributed by atoms with Gasteiger partial charge in [0.15, 0.2) is 9.84 Å². The van der Waals surface area contributed by atoms with Gasteiger partial charge in [0.25, 0.3) is 0 Å². The molecule has 2 atom stereocenters. The lowest BCUT2D eigenvalue weighted by molar-refractivity contribution is -0.134. The molecular formula is C20H25NO5S. The highest BCUT2D eigenvalue weighted by molar-refractivity contribution is 7.92. The average Bonchev–Trinajstić information content (AvgIpc) is 3.12. The fourth-order valence-electron chi connectivity index (χ4n) is 3.49. The van der Waals surface area contributed by atoms with Crippen molar-refractivity contribution in [3.63, 3.8) is 0 Å². The summed E-state index contributed by atoms with van der Waals surface area (Å²) in [5.74, 6) is -0.460.